The Morgan fingerprint density at radius 2 is 2.00 bits per heavy atom. The molecule has 1 aromatic carbocycles. The molecule has 0 spiro atoms. The quantitative estimate of drug-likeness (QED) is 0.769. The largest absolute Gasteiger partial charge is 0.244 e. The maximum Gasteiger partial charge on any atom is 0.244 e. The number of rotatable bonds is 3. The molecular weight excluding hydrogens is 234 g/mol. The summed E-state index contributed by atoms with van der Waals surface area (Å²) in [6.45, 7) is 6.00. The molecule has 0 N–H and O–H groups in total. The second-order valence-corrected chi connectivity index (χ2v) is 5.93. The molecule has 1 atom stereocenters. The number of hydrogen-bond donors (Lipinski definition) is 0. The lowest BCUT2D eigenvalue weighted by atomic mass is 10.2. The van der Waals surface area contributed by atoms with E-state index in [-0.39, 0.29) is 6.04 Å². The normalized spacial score (nSPS) is 20.6. The number of aryl methyl sites for hydroxylation is 1. The Kier molecular flexibility index (Phi) is 3.17. The Balaban J connectivity index is 2.37. The molecule has 3 nitrogen and oxygen atoms in total. The molecule has 17 heavy (non-hydrogen) atoms. The van der Waals surface area contributed by atoms with Gasteiger partial charge < -0.3 is 0 Å². The molecule has 0 aromatic heterocycles. The van der Waals surface area contributed by atoms with Crippen molar-refractivity contribution < 1.29 is 8.42 Å². The Morgan fingerprint density at radius 1 is 1.35 bits per heavy atom. The van der Waals surface area contributed by atoms with Crippen LogP contribution in [0.1, 0.15) is 5.56 Å². The van der Waals surface area contributed by atoms with Gasteiger partial charge in [-0.05, 0) is 19.1 Å². The summed E-state index contributed by atoms with van der Waals surface area (Å²) in [5.41, 5.74) is 1.05. The van der Waals surface area contributed by atoms with E-state index in [9.17, 15) is 8.42 Å². The van der Waals surface area contributed by atoms with Crippen LogP contribution in [0.25, 0.3) is 0 Å². The summed E-state index contributed by atoms with van der Waals surface area (Å²) in [5, 5.41) is 0. The van der Waals surface area contributed by atoms with Crippen molar-refractivity contribution in [1.82, 2.24) is 4.31 Å². The molecule has 4 heteroatoms. The van der Waals surface area contributed by atoms with Crippen LogP contribution in [0.2, 0.25) is 0 Å². The number of nitrogens with zero attached hydrogens (tertiary/aromatic N) is 1. The van der Waals surface area contributed by atoms with Gasteiger partial charge in [-0.15, -0.1) is 6.58 Å². The number of benzene rings is 1. The van der Waals surface area contributed by atoms with Crippen molar-refractivity contribution in [2.75, 3.05) is 6.54 Å². The van der Waals surface area contributed by atoms with Crippen LogP contribution in [-0.4, -0.2) is 25.3 Å². The highest BCUT2D eigenvalue weighted by molar-refractivity contribution is 7.89. The third kappa shape index (κ3) is 2.18. The zero-order chi connectivity index (χ0) is 12.5. The lowest BCUT2D eigenvalue weighted by molar-refractivity contribution is 0.449. The summed E-state index contributed by atoms with van der Waals surface area (Å²) >= 11 is 0. The second-order valence-electron chi connectivity index (χ2n) is 4.04. The van der Waals surface area contributed by atoms with Crippen LogP contribution in [0, 0.1) is 6.92 Å². The first-order valence-corrected chi connectivity index (χ1v) is 6.87. The van der Waals surface area contributed by atoms with Gasteiger partial charge in [-0.2, -0.15) is 4.31 Å². The van der Waals surface area contributed by atoms with Crippen LogP contribution in [0.4, 0.5) is 0 Å². The highest BCUT2D eigenvalue weighted by Crippen LogP contribution is 2.22. The fourth-order valence-electron chi connectivity index (χ4n) is 1.82. The number of sulfonamides is 1. The zero-order valence-corrected chi connectivity index (χ0v) is 10.5. The zero-order valence-electron chi connectivity index (χ0n) is 9.70. The predicted molar refractivity (Wildman–Crippen MR) is 68.2 cm³/mol. The van der Waals surface area contributed by atoms with Gasteiger partial charge in [0, 0.05) is 6.54 Å². The molecule has 0 aliphatic carbocycles. The Morgan fingerprint density at radius 3 is 2.59 bits per heavy atom. The van der Waals surface area contributed by atoms with Crippen LogP contribution >= 0.6 is 0 Å². The molecule has 0 bridgehead atoms. The monoisotopic (exact) mass is 249 g/mol. The van der Waals surface area contributed by atoms with Gasteiger partial charge in [-0.25, -0.2) is 8.42 Å². The molecule has 1 aliphatic heterocycles. The molecule has 90 valence electrons. The fourth-order valence-corrected chi connectivity index (χ4v) is 3.33. The van der Waals surface area contributed by atoms with Crippen molar-refractivity contribution in [2.45, 2.75) is 17.9 Å². The van der Waals surface area contributed by atoms with E-state index in [1.54, 1.807) is 30.3 Å². The minimum Gasteiger partial charge on any atom is -0.207 e. The van der Waals surface area contributed by atoms with Crippen molar-refractivity contribution in [3.8, 4) is 0 Å². The van der Waals surface area contributed by atoms with E-state index in [2.05, 4.69) is 6.58 Å². The summed E-state index contributed by atoms with van der Waals surface area (Å²) in [6, 6.07) is 6.66. The van der Waals surface area contributed by atoms with Crippen LogP contribution < -0.4 is 0 Å². The average Bonchev–Trinajstić information content (AvgIpc) is 2.78. The highest BCUT2D eigenvalue weighted by atomic mass is 32.2. The highest BCUT2D eigenvalue weighted by Gasteiger charge is 2.30. The molecule has 0 fully saturated rings. The van der Waals surface area contributed by atoms with Gasteiger partial charge in [-0.1, -0.05) is 35.9 Å². The summed E-state index contributed by atoms with van der Waals surface area (Å²) < 4.78 is 26.1. The van der Waals surface area contributed by atoms with E-state index in [1.807, 2.05) is 19.1 Å². The second kappa shape index (κ2) is 4.47. The Bertz CT molecular complexity index is 543. The molecule has 2 rings (SSSR count). The first-order chi connectivity index (χ1) is 8.05. The minimum atomic E-state index is -3.42. The van der Waals surface area contributed by atoms with Gasteiger partial charge >= 0.3 is 0 Å². The van der Waals surface area contributed by atoms with Gasteiger partial charge in [0.2, 0.25) is 10.0 Å². The van der Waals surface area contributed by atoms with Gasteiger partial charge in [0.15, 0.2) is 0 Å². The smallest absolute Gasteiger partial charge is 0.207 e. The van der Waals surface area contributed by atoms with Crippen molar-refractivity contribution >= 4 is 10.0 Å². The molecule has 0 radical (unpaired) electrons. The molecule has 1 unspecified atom stereocenters. The van der Waals surface area contributed by atoms with Crippen molar-refractivity contribution in [1.29, 1.82) is 0 Å². The van der Waals surface area contributed by atoms with Crippen molar-refractivity contribution in [2.24, 2.45) is 0 Å². The van der Waals surface area contributed by atoms with Crippen LogP contribution in [0.15, 0.2) is 54.0 Å². The first kappa shape index (κ1) is 12.1. The molecule has 0 saturated carbocycles. The predicted octanol–water partition coefficient (Wildman–Crippen LogP) is 2.11. The van der Waals surface area contributed by atoms with E-state index in [1.165, 1.54) is 4.31 Å². The molecular formula is C13H15NO2S. The van der Waals surface area contributed by atoms with Crippen LogP contribution in [0.3, 0.4) is 0 Å². The van der Waals surface area contributed by atoms with E-state index in [0.29, 0.717) is 11.4 Å². The van der Waals surface area contributed by atoms with E-state index >= 15 is 0 Å². The Labute approximate surface area is 102 Å². The van der Waals surface area contributed by atoms with Crippen molar-refractivity contribution in [3.05, 3.63) is 54.6 Å². The topological polar surface area (TPSA) is 37.4 Å². The fraction of sp³-hybridized carbons (Fsp3) is 0.231. The summed E-state index contributed by atoms with van der Waals surface area (Å²) in [4.78, 5) is 0.332. The lowest BCUT2D eigenvalue weighted by Gasteiger charge is -2.21. The van der Waals surface area contributed by atoms with Crippen molar-refractivity contribution in [3.63, 3.8) is 0 Å². The van der Waals surface area contributed by atoms with Gasteiger partial charge in [0.25, 0.3) is 0 Å². The average molecular weight is 249 g/mol. The van der Waals surface area contributed by atoms with E-state index < -0.39 is 10.0 Å². The Hall–Kier alpha value is -1.39. The third-order valence-corrected chi connectivity index (χ3v) is 4.70. The van der Waals surface area contributed by atoms with Crippen LogP contribution in [0.5, 0.6) is 0 Å². The molecule has 1 aliphatic rings. The third-order valence-electron chi connectivity index (χ3n) is 2.82. The summed E-state index contributed by atoms with van der Waals surface area (Å²) in [7, 11) is -3.42. The van der Waals surface area contributed by atoms with E-state index in [4.69, 9.17) is 0 Å². The summed E-state index contributed by atoms with van der Waals surface area (Å²) in [6.07, 6.45) is 5.33. The van der Waals surface area contributed by atoms with E-state index in [0.717, 1.165) is 5.56 Å². The SMILES string of the molecule is C=CC1C=CCN1S(=O)(=O)c1ccc(C)cc1. The maximum atomic E-state index is 12.4. The van der Waals surface area contributed by atoms with Crippen LogP contribution in [-0.2, 0) is 10.0 Å². The molecule has 0 saturated heterocycles. The standard InChI is InChI=1S/C13H15NO2S/c1-3-12-5-4-10-14(12)17(15,16)13-8-6-11(2)7-9-13/h3-9,12H,1,10H2,2H3. The summed E-state index contributed by atoms with van der Waals surface area (Å²) in [5.74, 6) is 0. The van der Waals surface area contributed by atoms with Gasteiger partial charge in [-0.3, -0.25) is 0 Å². The first-order valence-electron chi connectivity index (χ1n) is 5.43. The number of hydrogen-bond acceptors (Lipinski definition) is 2. The minimum absolute atomic E-state index is 0.235. The molecule has 1 heterocycles. The van der Waals surface area contributed by atoms with Gasteiger partial charge in [0.1, 0.15) is 0 Å². The van der Waals surface area contributed by atoms with Gasteiger partial charge in [0.05, 0.1) is 10.9 Å². The molecule has 1 aromatic rings. The maximum absolute atomic E-state index is 12.4. The molecule has 0 amide bonds. The lowest BCUT2D eigenvalue weighted by Crippen LogP contribution is -2.34.